The van der Waals surface area contributed by atoms with Crippen molar-refractivity contribution in [2.75, 3.05) is 13.2 Å². The minimum Gasteiger partial charge on any atom is -0.480 e. The average molecular weight is 330 g/mol. The summed E-state index contributed by atoms with van der Waals surface area (Å²) >= 11 is 0. The van der Waals surface area contributed by atoms with Gasteiger partial charge in [0.25, 0.3) is 0 Å². The largest absolute Gasteiger partial charge is 0.480 e. The van der Waals surface area contributed by atoms with Gasteiger partial charge in [-0.25, -0.2) is 0 Å². The first kappa shape index (κ1) is 20.4. The van der Waals surface area contributed by atoms with Crippen molar-refractivity contribution in [1.82, 2.24) is 5.32 Å². The zero-order valence-electron chi connectivity index (χ0n) is 14.5. The Morgan fingerprint density at radius 2 is 1.78 bits per heavy atom. The van der Waals surface area contributed by atoms with Crippen LogP contribution < -0.4 is 11.1 Å². The van der Waals surface area contributed by atoms with Gasteiger partial charge in [0.1, 0.15) is 6.04 Å². The molecule has 0 aromatic rings. The van der Waals surface area contributed by atoms with Crippen LogP contribution in [0.2, 0.25) is 0 Å². The van der Waals surface area contributed by atoms with Crippen LogP contribution in [0, 0.1) is 17.8 Å². The number of ether oxygens (including phenoxy) is 1. The highest BCUT2D eigenvalue weighted by Gasteiger charge is 2.48. The highest BCUT2D eigenvalue weighted by Crippen LogP contribution is 2.51. The maximum Gasteiger partial charge on any atom is 0.320 e. The average Bonchev–Trinajstić information content (AvgIpc) is 3.16. The molecule has 1 fully saturated rings. The number of carboxylic acid groups (broad SMARTS) is 1. The van der Waals surface area contributed by atoms with Crippen molar-refractivity contribution in [1.29, 1.82) is 0 Å². The Morgan fingerprint density at radius 3 is 2.30 bits per heavy atom. The molecule has 0 aliphatic heterocycles. The zero-order chi connectivity index (χ0) is 17.2. The molecule has 1 unspecified atom stereocenters. The first-order chi connectivity index (χ1) is 11.0. The van der Waals surface area contributed by atoms with Crippen LogP contribution in [0.4, 0.5) is 0 Å². The Hall–Kier alpha value is -0.690. The second-order valence-corrected chi connectivity index (χ2v) is 6.65. The van der Waals surface area contributed by atoms with Gasteiger partial charge in [0.2, 0.25) is 6.41 Å². The van der Waals surface area contributed by atoms with Gasteiger partial charge in [0, 0.05) is 0 Å². The van der Waals surface area contributed by atoms with E-state index in [0.717, 1.165) is 18.3 Å². The number of aliphatic carboxylic acids is 1. The molecule has 6 nitrogen and oxygen atoms in total. The summed E-state index contributed by atoms with van der Waals surface area (Å²) in [5.41, 5.74) is 5.43. The predicted molar refractivity (Wildman–Crippen MR) is 89.7 cm³/mol. The fraction of sp³-hybridized carbons (Fsp3) is 0.941. The molecule has 5 N–H and O–H groups in total. The second kappa shape index (κ2) is 11.0. The molecule has 136 valence electrons. The molecule has 0 aromatic heterocycles. The molecule has 1 aliphatic rings. The second-order valence-electron chi connectivity index (χ2n) is 6.65. The van der Waals surface area contributed by atoms with E-state index in [1.165, 1.54) is 25.7 Å². The van der Waals surface area contributed by atoms with Gasteiger partial charge < -0.3 is 20.7 Å². The first-order valence-corrected chi connectivity index (χ1v) is 9.02. The number of rotatable bonds is 14. The molecular weight excluding hydrogens is 296 g/mol. The number of carbonyl (C=O) groups is 1. The molecular formula is C17H34N2O4. The van der Waals surface area contributed by atoms with Gasteiger partial charge >= 0.3 is 5.97 Å². The van der Waals surface area contributed by atoms with E-state index in [0.29, 0.717) is 31.9 Å². The standard InChI is InChI=1S/C17H34N2O4/c1-3-7-12-13(8-4-2)14(12)11-23-17(22)19-10-6-5-9-15(18)16(20)21/h12-15,17,19,22H,3-11,18H2,1-2H3,(H,20,21)/t12-,13+,14-,15-,17?/m0/s1. The van der Waals surface area contributed by atoms with Crippen LogP contribution in [-0.4, -0.2) is 41.8 Å². The minimum atomic E-state index is -0.964. The predicted octanol–water partition coefficient (Wildman–Crippen LogP) is 1.91. The Morgan fingerprint density at radius 1 is 1.17 bits per heavy atom. The monoisotopic (exact) mass is 330 g/mol. The number of carboxylic acids is 1. The summed E-state index contributed by atoms with van der Waals surface area (Å²) in [7, 11) is 0. The van der Waals surface area contributed by atoms with Crippen molar-refractivity contribution in [2.24, 2.45) is 23.5 Å². The van der Waals surface area contributed by atoms with Crippen LogP contribution in [0.1, 0.15) is 58.8 Å². The lowest BCUT2D eigenvalue weighted by atomic mass is 10.1. The third kappa shape index (κ3) is 7.61. The van der Waals surface area contributed by atoms with Crippen molar-refractivity contribution < 1.29 is 19.7 Å². The van der Waals surface area contributed by atoms with Crippen LogP contribution in [-0.2, 0) is 9.53 Å². The summed E-state index contributed by atoms with van der Waals surface area (Å²) in [5.74, 6) is 1.17. The fourth-order valence-electron chi connectivity index (χ4n) is 3.39. The third-order valence-electron chi connectivity index (χ3n) is 4.78. The summed E-state index contributed by atoms with van der Waals surface area (Å²) < 4.78 is 5.51. The van der Waals surface area contributed by atoms with Crippen LogP contribution in [0.25, 0.3) is 0 Å². The van der Waals surface area contributed by atoms with Gasteiger partial charge in [-0.2, -0.15) is 0 Å². The van der Waals surface area contributed by atoms with Gasteiger partial charge in [-0.1, -0.05) is 46.0 Å². The third-order valence-corrected chi connectivity index (χ3v) is 4.78. The Labute approximate surface area is 139 Å². The number of nitrogens with one attached hydrogen (secondary N) is 1. The Kier molecular flexibility index (Phi) is 9.71. The molecule has 0 spiro atoms. The number of unbranched alkanes of at least 4 members (excludes halogenated alkanes) is 1. The molecule has 23 heavy (non-hydrogen) atoms. The SMILES string of the molecule is CCC[C@@H]1[C@H](CCC)[C@@H]1COC(O)NCCCC[C@H](N)C(=O)O. The molecule has 5 atom stereocenters. The highest BCUT2D eigenvalue weighted by atomic mass is 16.6. The molecule has 6 heteroatoms. The van der Waals surface area contributed by atoms with Crippen LogP contribution in [0.3, 0.4) is 0 Å². The molecule has 0 amide bonds. The zero-order valence-corrected chi connectivity index (χ0v) is 14.5. The normalized spacial score (nSPS) is 26.0. The maximum atomic E-state index is 10.6. The van der Waals surface area contributed by atoms with E-state index in [9.17, 15) is 9.90 Å². The van der Waals surface area contributed by atoms with E-state index in [2.05, 4.69) is 19.2 Å². The number of hydrogen-bond donors (Lipinski definition) is 4. The van der Waals surface area contributed by atoms with E-state index in [-0.39, 0.29) is 0 Å². The van der Waals surface area contributed by atoms with Crippen LogP contribution >= 0.6 is 0 Å². The lowest BCUT2D eigenvalue weighted by Gasteiger charge is -2.14. The molecule has 0 saturated heterocycles. The molecule has 0 aromatic carbocycles. The van der Waals surface area contributed by atoms with Gasteiger partial charge in [-0.15, -0.1) is 0 Å². The lowest BCUT2D eigenvalue weighted by molar-refractivity contribution is -0.138. The summed E-state index contributed by atoms with van der Waals surface area (Å²) in [5, 5.41) is 21.4. The Balaban J connectivity index is 2.06. The van der Waals surface area contributed by atoms with Crippen molar-refractivity contribution in [2.45, 2.75) is 71.2 Å². The highest BCUT2D eigenvalue weighted by molar-refractivity contribution is 5.72. The topological polar surface area (TPSA) is 105 Å². The van der Waals surface area contributed by atoms with E-state index >= 15 is 0 Å². The minimum absolute atomic E-state index is 0.452. The lowest BCUT2D eigenvalue weighted by Crippen LogP contribution is -2.33. The van der Waals surface area contributed by atoms with Gasteiger partial charge in [0.05, 0.1) is 6.61 Å². The Bertz CT molecular complexity index is 329. The van der Waals surface area contributed by atoms with Crippen LogP contribution in [0.5, 0.6) is 0 Å². The number of hydrogen-bond acceptors (Lipinski definition) is 5. The van der Waals surface area contributed by atoms with E-state index in [1.807, 2.05) is 0 Å². The molecule has 0 bridgehead atoms. The maximum absolute atomic E-state index is 10.6. The van der Waals surface area contributed by atoms with Crippen molar-refractivity contribution >= 4 is 5.97 Å². The van der Waals surface area contributed by atoms with Gasteiger partial charge in [-0.05, 0) is 37.1 Å². The van der Waals surface area contributed by atoms with Gasteiger partial charge in [-0.3, -0.25) is 10.1 Å². The summed E-state index contributed by atoms with van der Waals surface area (Å²) in [4.78, 5) is 10.6. The summed E-state index contributed by atoms with van der Waals surface area (Å²) in [6.45, 7) is 5.64. The van der Waals surface area contributed by atoms with E-state index < -0.39 is 18.4 Å². The smallest absolute Gasteiger partial charge is 0.320 e. The van der Waals surface area contributed by atoms with Crippen molar-refractivity contribution in [3.63, 3.8) is 0 Å². The molecule has 0 heterocycles. The first-order valence-electron chi connectivity index (χ1n) is 9.02. The van der Waals surface area contributed by atoms with Crippen molar-refractivity contribution in [3.8, 4) is 0 Å². The number of aliphatic hydroxyl groups excluding tert-OH is 1. The molecule has 1 saturated carbocycles. The van der Waals surface area contributed by atoms with Crippen molar-refractivity contribution in [3.05, 3.63) is 0 Å². The molecule has 1 rings (SSSR count). The van der Waals surface area contributed by atoms with Crippen LogP contribution in [0.15, 0.2) is 0 Å². The number of aliphatic hydroxyl groups is 1. The van der Waals surface area contributed by atoms with E-state index in [4.69, 9.17) is 15.6 Å². The fourth-order valence-corrected chi connectivity index (χ4v) is 3.39. The molecule has 0 radical (unpaired) electrons. The van der Waals surface area contributed by atoms with E-state index in [1.54, 1.807) is 0 Å². The van der Waals surface area contributed by atoms with Gasteiger partial charge in [0.15, 0.2) is 0 Å². The molecule has 1 aliphatic carbocycles. The summed E-state index contributed by atoms with van der Waals surface area (Å²) in [6, 6.07) is -0.794. The summed E-state index contributed by atoms with van der Waals surface area (Å²) in [6.07, 6.45) is 5.93. The number of nitrogens with two attached hydrogens (primary N) is 1. The quantitative estimate of drug-likeness (QED) is 0.286.